The standard InChI is InChI=1S/C11H23NO4/c1-5-6-7-12(15-9-8-13)10(14)16-11(2,3)4/h13H,5-9H2,1-4H3. The van der Waals surface area contributed by atoms with Gasteiger partial charge in [0.1, 0.15) is 5.60 Å². The van der Waals surface area contributed by atoms with Gasteiger partial charge in [0.15, 0.2) is 0 Å². The van der Waals surface area contributed by atoms with Crippen LogP contribution in [0.4, 0.5) is 4.79 Å². The van der Waals surface area contributed by atoms with Gasteiger partial charge in [0.05, 0.1) is 19.8 Å². The highest BCUT2D eigenvalue weighted by atomic mass is 16.7. The lowest BCUT2D eigenvalue weighted by Gasteiger charge is -2.26. The Labute approximate surface area is 97.3 Å². The molecule has 1 amide bonds. The van der Waals surface area contributed by atoms with E-state index in [0.717, 1.165) is 12.8 Å². The molecule has 0 heterocycles. The summed E-state index contributed by atoms with van der Waals surface area (Å²) in [4.78, 5) is 16.8. The van der Waals surface area contributed by atoms with Gasteiger partial charge in [-0.05, 0) is 27.2 Å². The van der Waals surface area contributed by atoms with Crippen molar-refractivity contribution in [2.45, 2.75) is 46.1 Å². The monoisotopic (exact) mass is 233 g/mol. The molecule has 0 aliphatic rings. The summed E-state index contributed by atoms with van der Waals surface area (Å²) in [6, 6.07) is 0. The molecule has 0 aliphatic carbocycles. The molecule has 0 saturated heterocycles. The molecule has 0 radical (unpaired) electrons. The number of amides is 1. The first-order valence-electron chi connectivity index (χ1n) is 5.65. The average molecular weight is 233 g/mol. The third-order valence-electron chi connectivity index (χ3n) is 1.65. The maximum atomic E-state index is 11.7. The van der Waals surface area contributed by atoms with Crippen LogP contribution in [0.5, 0.6) is 0 Å². The molecule has 0 aromatic rings. The quantitative estimate of drug-likeness (QED) is 0.712. The summed E-state index contributed by atoms with van der Waals surface area (Å²) in [5.74, 6) is 0. The molecule has 0 aromatic carbocycles. The molecule has 96 valence electrons. The van der Waals surface area contributed by atoms with Crippen molar-refractivity contribution < 1.29 is 19.5 Å². The number of hydroxylamine groups is 2. The fourth-order valence-corrected chi connectivity index (χ4v) is 0.974. The molecule has 0 aromatic heterocycles. The van der Waals surface area contributed by atoms with E-state index in [2.05, 4.69) is 0 Å². The summed E-state index contributed by atoms with van der Waals surface area (Å²) in [7, 11) is 0. The van der Waals surface area contributed by atoms with Gasteiger partial charge in [-0.15, -0.1) is 0 Å². The Balaban J connectivity index is 4.19. The zero-order valence-corrected chi connectivity index (χ0v) is 10.7. The van der Waals surface area contributed by atoms with Crippen molar-refractivity contribution in [1.29, 1.82) is 0 Å². The van der Waals surface area contributed by atoms with E-state index < -0.39 is 11.7 Å². The fraction of sp³-hybridized carbons (Fsp3) is 0.909. The molecule has 1 N–H and O–H groups in total. The van der Waals surface area contributed by atoms with E-state index in [1.54, 1.807) is 20.8 Å². The number of carbonyl (C=O) groups excluding carboxylic acids is 1. The van der Waals surface area contributed by atoms with E-state index in [4.69, 9.17) is 14.7 Å². The summed E-state index contributed by atoms with van der Waals surface area (Å²) in [5.41, 5.74) is -0.538. The minimum absolute atomic E-state index is 0.100. The fourth-order valence-electron chi connectivity index (χ4n) is 0.974. The van der Waals surface area contributed by atoms with E-state index in [1.165, 1.54) is 5.06 Å². The minimum atomic E-state index is -0.538. The van der Waals surface area contributed by atoms with Crippen LogP contribution in [0, 0.1) is 0 Å². The number of hydrogen-bond acceptors (Lipinski definition) is 4. The van der Waals surface area contributed by atoms with Crippen LogP contribution in [-0.4, -0.2) is 41.6 Å². The predicted molar refractivity (Wildman–Crippen MR) is 60.9 cm³/mol. The zero-order chi connectivity index (χ0) is 12.6. The number of ether oxygens (including phenoxy) is 1. The molecule has 0 spiro atoms. The third-order valence-corrected chi connectivity index (χ3v) is 1.65. The van der Waals surface area contributed by atoms with Gasteiger partial charge >= 0.3 is 6.09 Å². The van der Waals surface area contributed by atoms with Crippen LogP contribution >= 0.6 is 0 Å². The van der Waals surface area contributed by atoms with Crippen LogP contribution in [-0.2, 0) is 9.57 Å². The van der Waals surface area contributed by atoms with Gasteiger partial charge in [-0.1, -0.05) is 13.3 Å². The lowest BCUT2D eigenvalue weighted by Crippen LogP contribution is -2.38. The molecular weight excluding hydrogens is 210 g/mol. The second kappa shape index (κ2) is 7.46. The Bertz CT molecular complexity index is 193. The molecule has 0 fully saturated rings. The lowest BCUT2D eigenvalue weighted by atomic mass is 10.2. The highest BCUT2D eigenvalue weighted by Crippen LogP contribution is 2.10. The van der Waals surface area contributed by atoms with Crippen molar-refractivity contribution in [3.05, 3.63) is 0 Å². The number of aliphatic hydroxyl groups is 1. The van der Waals surface area contributed by atoms with Gasteiger partial charge in [-0.3, -0.25) is 4.84 Å². The van der Waals surface area contributed by atoms with Gasteiger partial charge in [0.2, 0.25) is 0 Å². The topological polar surface area (TPSA) is 59.0 Å². The molecule has 0 aliphatic heterocycles. The van der Waals surface area contributed by atoms with Crippen LogP contribution in [0.25, 0.3) is 0 Å². The van der Waals surface area contributed by atoms with E-state index in [9.17, 15) is 4.79 Å². The largest absolute Gasteiger partial charge is 0.442 e. The molecule has 16 heavy (non-hydrogen) atoms. The van der Waals surface area contributed by atoms with Crippen LogP contribution in [0.15, 0.2) is 0 Å². The molecule has 0 unspecified atom stereocenters. The SMILES string of the molecule is CCCCN(OCCO)C(=O)OC(C)(C)C. The smallest absolute Gasteiger partial charge is 0.434 e. The Kier molecular flexibility index (Phi) is 7.08. The Hall–Kier alpha value is -0.810. The van der Waals surface area contributed by atoms with Crippen LogP contribution in [0.3, 0.4) is 0 Å². The molecule has 5 heteroatoms. The number of rotatable bonds is 6. The lowest BCUT2D eigenvalue weighted by molar-refractivity contribution is -0.153. The second-order valence-electron chi connectivity index (χ2n) is 4.49. The number of hydrogen-bond donors (Lipinski definition) is 1. The van der Waals surface area contributed by atoms with Crippen molar-refractivity contribution in [2.75, 3.05) is 19.8 Å². The Morgan fingerprint density at radius 3 is 2.44 bits per heavy atom. The van der Waals surface area contributed by atoms with Crippen molar-refractivity contribution in [3.63, 3.8) is 0 Å². The van der Waals surface area contributed by atoms with Gasteiger partial charge in [-0.2, -0.15) is 5.06 Å². The first kappa shape index (κ1) is 15.2. The molecule has 0 atom stereocenters. The van der Waals surface area contributed by atoms with Crippen LogP contribution in [0.2, 0.25) is 0 Å². The summed E-state index contributed by atoms with van der Waals surface area (Å²) in [6.07, 6.45) is 1.29. The average Bonchev–Trinajstić information content (AvgIpc) is 2.15. The summed E-state index contributed by atoms with van der Waals surface area (Å²) >= 11 is 0. The van der Waals surface area contributed by atoms with E-state index in [1.807, 2.05) is 6.92 Å². The predicted octanol–water partition coefficient (Wildman–Crippen LogP) is 1.95. The van der Waals surface area contributed by atoms with Crippen LogP contribution < -0.4 is 0 Å². The third kappa shape index (κ3) is 7.48. The van der Waals surface area contributed by atoms with Gasteiger partial charge in [0.25, 0.3) is 0 Å². The molecule has 0 bridgehead atoms. The van der Waals surface area contributed by atoms with E-state index in [0.29, 0.717) is 6.54 Å². The molecule has 5 nitrogen and oxygen atoms in total. The summed E-state index contributed by atoms with van der Waals surface area (Å²) in [6.45, 7) is 7.89. The number of nitrogens with zero attached hydrogens (tertiary/aromatic N) is 1. The van der Waals surface area contributed by atoms with Gasteiger partial charge < -0.3 is 9.84 Å². The highest BCUT2D eigenvalue weighted by Gasteiger charge is 2.22. The minimum Gasteiger partial charge on any atom is -0.442 e. The summed E-state index contributed by atoms with van der Waals surface area (Å²) < 4.78 is 5.17. The van der Waals surface area contributed by atoms with E-state index >= 15 is 0 Å². The van der Waals surface area contributed by atoms with Gasteiger partial charge in [0, 0.05) is 0 Å². The van der Waals surface area contributed by atoms with E-state index in [-0.39, 0.29) is 13.2 Å². The van der Waals surface area contributed by atoms with Crippen molar-refractivity contribution in [2.24, 2.45) is 0 Å². The second-order valence-corrected chi connectivity index (χ2v) is 4.49. The van der Waals surface area contributed by atoms with Crippen molar-refractivity contribution >= 4 is 6.09 Å². The van der Waals surface area contributed by atoms with Gasteiger partial charge in [-0.25, -0.2) is 4.79 Å². The molecule has 0 rings (SSSR count). The normalized spacial score (nSPS) is 11.3. The van der Waals surface area contributed by atoms with Crippen molar-refractivity contribution in [1.82, 2.24) is 5.06 Å². The molecule has 0 saturated carbocycles. The summed E-state index contributed by atoms with van der Waals surface area (Å²) in [5, 5.41) is 9.82. The first-order chi connectivity index (χ1) is 7.40. The maximum Gasteiger partial charge on any atom is 0.434 e. The first-order valence-corrected chi connectivity index (χ1v) is 5.65. The number of carbonyl (C=O) groups is 1. The molecular formula is C11H23NO4. The van der Waals surface area contributed by atoms with Crippen molar-refractivity contribution in [3.8, 4) is 0 Å². The maximum absolute atomic E-state index is 11.7. The highest BCUT2D eigenvalue weighted by molar-refractivity contribution is 5.66. The Morgan fingerprint density at radius 1 is 1.38 bits per heavy atom. The number of aliphatic hydroxyl groups excluding tert-OH is 1. The zero-order valence-electron chi connectivity index (χ0n) is 10.7. The number of unbranched alkanes of at least 4 members (excludes halogenated alkanes) is 1. The Morgan fingerprint density at radius 2 is 2.00 bits per heavy atom. The van der Waals surface area contributed by atoms with Crippen LogP contribution in [0.1, 0.15) is 40.5 Å².